The number of hydrogen-bond acceptors (Lipinski definition) is 3. The monoisotopic (exact) mass is 481 g/mol. The molecule has 0 saturated carbocycles. The van der Waals surface area contributed by atoms with Crippen molar-refractivity contribution in [1.82, 2.24) is 10.6 Å². The first kappa shape index (κ1) is 24.2. The minimum absolute atomic E-state index is 0. The number of methoxy groups -OCH3 is 1. The maximum atomic E-state index is 12.0. The standard InChI is InChI=1S/C18H31N3O2S.HI/c1-14-7-8-15(13-16(14)23-6)9-10-20-17(19-5)21-11-12-24(22)18(2,3)4;/h7-8,13H,9-12H2,1-6H3,(H2,19,20,21);1H. The zero-order valence-electron chi connectivity index (χ0n) is 16.1. The van der Waals surface area contributed by atoms with Crippen LogP contribution < -0.4 is 15.4 Å². The summed E-state index contributed by atoms with van der Waals surface area (Å²) in [6.45, 7) is 9.43. The van der Waals surface area contributed by atoms with Crippen LogP contribution in [-0.4, -0.2) is 47.9 Å². The second-order valence-electron chi connectivity index (χ2n) is 6.64. The molecular weight excluding hydrogens is 449 g/mol. The molecule has 0 aliphatic rings. The molecule has 1 aromatic rings. The predicted molar refractivity (Wildman–Crippen MR) is 119 cm³/mol. The Morgan fingerprint density at radius 3 is 2.44 bits per heavy atom. The van der Waals surface area contributed by atoms with Crippen LogP contribution in [0.1, 0.15) is 31.9 Å². The van der Waals surface area contributed by atoms with Crippen molar-refractivity contribution in [3.05, 3.63) is 29.3 Å². The molecule has 0 fully saturated rings. The molecule has 7 heteroatoms. The summed E-state index contributed by atoms with van der Waals surface area (Å²) in [6.07, 6.45) is 0.880. The van der Waals surface area contributed by atoms with Gasteiger partial charge in [-0.25, -0.2) is 0 Å². The lowest BCUT2D eigenvalue weighted by Gasteiger charge is -2.18. The van der Waals surface area contributed by atoms with Gasteiger partial charge >= 0.3 is 0 Å². The molecule has 0 heterocycles. The smallest absolute Gasteiger partial charge is 0.191 e. The Morgan fingerprint density at radius 1 is 1.24 bits per heavy atom. The van der Waals surface area contributed by atoms with E-state index in [0.29, 0.717) is 12.3 Å². The highest BCUT2D eigenvalue weighted by Gasteiger charge is 2.18. The van der Waals surface area contributed by atoms with Crippen molar-refractivity contribution >= 4 is 40.7 Å². The Hall–Kier alpha value is -0.830. The molecule has 144 valence electrons. The lowest BCUT2D eigenvalue weighted by molar-refractivity contribution is 0.411. The Labute approximate surface area is 171 Å². The van der Waals surface area contributed by atoms with Crippen molar-refractivity contribution in [3.8, 4) is 5.75 Å². The molecule has 0 aliphatic carbocycles. The minimum atomic E-state index is -0.856. The van der Waals surface area contributed by atoms with Crippen LogP contribution >= 0.6 is 24.0 Å². The summed E-state index contributed by atoms with van der Waals surface area (Å²) in [5.74, 6) is 2.26. The van der Waals surface area contributed by atoms with Crippen LogP contribution in [0.15, 0.2) is 23.2 Å². The molecule has 25 heavy (non-hydrogen) atoms. The van der Waals surface area contributed by atoms with E-state index in [1.54, 1.807) is 14.2 Å². The Bertz CT molecular complexity index is 586. The maximum Gasteiger partial charge on any atom is 0.191 e. The van der Waals surface area contributed by atoms with Gasteiger partial charge in [0.25, 0.3) is 0 Å². The summed E-state index contributed by atoms with van der Waals surface area (Å²) in [5, 5.41) is 6.49. The molecular formula is C18H32IN3O2S. The lowest BCUT2D eigenvalue weighted by Crippen LogP contribution is -2.41. The molecule has 1 unspecified atom stereocenters. The lowest BCUT2D eigenvalue weighted by atomic mass is 10.1. The molecule has 0 spiro atoms. The average molecular weight is 481 g/mol. The van der Waals surface area contributed by atoms with Gasteiger partial charge < -0.3 is 15.4 Å². The summed E-state index contributed by atoms with van der Waals surface area (Å²) in [7, 11) is 2.58. The summed E-state index contributed by atoms with van der Waals surface area (Å²) >= 11 is 0. The third kappa shape index (κ3) is 8.89. The topological polar surface area (TPSA) is 62.7 Å². The zero-order chi connectivity index (χ0) is 18.2. The highest BCUT2D eigenvalue weighted by molar-refractivity contribution is 14.0. The zero-order valence-corrected chi connectivity index (χ0v) is 19.3. The van der Waals surface area contributed by atoms with E-state index in [2.05, 4.69) is 33.8 Å². The van der Waals surface area contributed by atoms with E-state index in [0.717, 1.165) is 30.2 Å². The van der Waals surface area contributed by atoms with Crippen LogP contribution in [0.3, 0.4) is 0 Å². The third-order valence-electron chi connectivity index (χ3n) is 3.67. The van der Waals surface area contributed by atoms with Crippen molar-refractivity contribution < 1.29 is 8.95 Å². The van der Waals surface area contributed by atoms with E-state index in [1.807, 2.05) is 27.7 Å². The van der Waals surface area contributed by atoms with Gasteiger partial charge in [0.05, 0.1) is 7.11 Å². The molecule has 0 saturated heterocycles. The van der Waals surface area contributed by atoms with Gasteiger partial charge in [-0.1, -0.05) is 12.1 Å². The molecule has 1 aromatic carbocycles. The number of halogens is 1. The van der Waals surface area contributed by atoms with Gasteiger partial charge in [-0.05, 0) is 51.3 Å². The molecule has 2 N–H and O–H groups in total. The molecule has 0 aromatic heterocycles. The van der Waals surface area contributed by atoms with Crippen molar-refractivity contribution in [2.24, 2.45) is 4.99 Å². The van der Waals surface area contributed by atoms with Crippen LogP contribution in [0.5, 0.6) is 5.75 Å². The fraction of sp³-hybridized carbons (Fsp3) is 0.611. The normalized spacial score (nSPS) is 13.0. The van der Waals surface area contributed by atoms with Crippen molar-refractivity contribution in [2.75, 3.05) is 33.0 Å². The molecule has 1 rings (SSSR count). The first-order valence-corrected chi connectivity index (χ1v) is 9.56. The van der Waals surface area contributed by atoms with Crippen molar-refractivity contribution in [1.29, 1.82) is 0 Å². The minimum Gasteiger partial charge on any atom is -0.496 e. The van der Waals surface area contributed by atoms with E-state index in [9.17, 15) is 4.21 Å². The second-order valence-corrected chi connectivity index (χ2v) is 8.97. The molecule has 0 aliphatic heterocycles. The number of aryl methyl sites for hydroxylation is 1. The molecule has 0 radical (unpaired) electrons. The number of aliphatic imine (C=N–C) groups is 1. The van der Waals surface area contributed by atoms with Crippen LogP contribution in [0.2, 0.25) is 0 Å². The SMILES string of the molecule is CN=C(NCCc1ccc(C)c(OC)c1)NCCS(=O)C(C)(C)C.I. The van der Waals surface area contributed by atoms with Crippen LogP contribution in [0.4, 0.5) is 0 Å². The predicted octanol–water partition coefficient (Wildman–Crippen LogP) is 2.88. The molecule has 5 nitrogen and oxygen atoms in total. The fourth-order valence-electron chi connectivity index (χ4n) is 2.13. The summed E-state index contributed by atoms with van der Waals surface area (Å²) in [6, 6.07) is 6.25. The number of ether oxygens (including phenoxy) is 1. The van der Waals surface area contributed by atoms with Gasteiger partial charge in [-0.2, -0.15) is 0 Å². The fourth-order valence-corrected chi connectivity index (χ4v) is 3.03. The van der Waals surface area contributed by atoms with Crippen LogP contribution in [-0.2, 0) is 17.2 Å². The molecule has 0 bridgehead atoms. The van der Waals surface area contributed by atoms with Crippen LogP contribution in [0.25, 0.3) is 0 Å². The van der Waals surface area contributed by atoms with Gasteiger partial charge in [-0.15, -0.1) is 24.0 Å². The van der Waals surface area contributed by atoms with Gasteiger partial charge in [0.15, 0.2) is 5.96 Å². The molecule has 1 atom stereocenters. The van der Waals surface area contributed by atoms with E-state index < -0.39 is 10.8 Å². The van der Waals surface area contributed by atoms with Crippen molar-refractivity contribution in [2.45, 2.75) is 38.9 Å². The molecule has 0 amide bonds. The quantitative estimate of drug-likeness (QED) is 0.357. The number of nitrogens with zero attached hydrogens (tertiary/aromatic N) is 1. The van der Waals surface area contributed by atoms with E-state index in [1.165, 1.54) is 5.56 Å². The van der Waals surface area contributed by atoms with Crippen LogP contribution in [0, 0.1) is 6.92 Å². The van der Waals surface area contributed by atoms with Gasteiger partial charge in [-0.3, -0.25) is 9.20 Å². The first-order chi connectivity index (χ1) is 11.3. The number of benzene rings is 1. The Balaban J connectivity index is 0.00000576. The number of hydrogen-bond donors (Lipinski definition) is 2. The first-order valence-electron chi connectivity index (χ1n) is 8.24. The number of nitrogens with one attached hydrogen (secondary N) is 2. The number of guanidine groups is 1. The van der Waals surface area contributed by atoms with E-state index in [-0.39, 0.29) is 28.7 Å². The highest BCUT2D eigenvalue weighted by Crippen LogP contribution is 2.19. The largest absolute Gasteiger partial charge is 0.496 e. The maximum absolute atomic E-state index is 12.0. The van der Waals surface area contributed by atoms with Gasteiger partial charge in [0.1, 0.15) is 5.75 Å². The Morgan fingerprint density at radius 2 is 1.88 bits per heavy atom. The van der Waals surface area contributed by atoms with Gasteiger partial charge in [0.2, 0.25) is 0 Å². The third-order valence-corrected chi connectivity index (χ3v) is 5.61. The van der Waals surface area contributed by atoms with E-state index in [4.69, 9.17) is 4.74 Å². The summed E-state index contributed by atoms with van der Waals surface area (Å²) in [5.41, 5.74) is 2.35. The average Bonchev–Trinajstić information content (AvgIpc) is 2.53. The Kier molecular flexibility index (Phi) is 11.3. The van der Waals surface area contributed by atoms with Gasteiger partial charge in [0, 0.05) is 41.4 Å². The highest BCUT2D eigenvalue weighted by atomic mass is 127. The van der Waals surface area contributed by atoms with Crippen molar-refractivity contribution in [3.63, 3.8) is 0 Å². The summed E-state index contributed by atoms with van der Waals surface area (Å²) in [4.78, 5) is 4.20. The second kappa shape index (κ2) is 11.7. The number of rotatable bonds is 7. The van der Waals surface area contributed by atoms with E-state index >= 15 is 0 Å². The summed E-state index contributed by atoms with van der Waals surface area (Å²) < 4.78 is 17.2.